The van der Waals surface area contributed by atoms with E-state index in [0.717, 1.165) is 24.3 Å². The highest BCUT2D eigenvalue weighted by molar-refractivity contribution is 6.18. The van der Waals surface area contributed by atoms with Crippen LogP contribution < -0.4 is 0 Å². The summed E-state index contributed by atoms with van der Waals surface area (Å²) in [5, 5.41) is 35.9. The molecule has 0 aliphatic carbocycles. The van der Waals surface area contributed by atoms with E-state index < -0.39 is 40.6 Å². The molecule has 112 valence electrons. The number of fused-ring (bicyclic) bond motifs is 1. The van der Waals surface area contributed by atoms with E-state index >= 15 is 0 Å². The lowest BCUT2D eigenvalue weighted by molar-refractivity contribution is 0.0680. The number of rotatable bonds is 4. The largest absolute Gasteiger partial charge is 0.478 e. The van der Waals surface area contributed by atoms with Crippen LogP contribution in [0.2, 0.25) is 0 Å². The molecular formula is C14H8O8. The zero-order valence-electron chi connectivity index (χ0n) is 10.7. The second-order valence-electron chi connectivity index (χ2n) is 4.33. The van der Waals surface area contributed by atoms with Gasteiger partial charge in [0.15, 0.2) is 0 Å². The van der Waals surface area contributed by atoms with Crippen LogP contribution in [0.15, 0.2) is 24.3 Å². The fourth-order valence-corrected chi connectivity index (χ4v) is 2.14. The third-order valence-corrected chi connectivity index (χ3v) is 3.05. The van der Waals surface area contributed by atoms with Gasteiger partial charge in [0, 0.05) is 5.39 Å². The van der Waals surface area contributed by atoms with Crippen molar-refractivity contribution in [2.75, 3.05) is 0 Å². The minimum Gasteiger partial charge on any atom is -0.478 e. The monoisotopic (exact) mass is 304 g/mol. The highest BCUT2D eigenvalue weighted by atomic mass is 16.4. The SMILES string of the molecule is O=C(O)c1cc(C(=O)O)c2c(C(=O)O)ccc(C(=O)O)c2c1. The van der Waals surface area contributed by atoms with E-state index in [2.05, 4.69) is 0 Å². The number of carboxylic acid groups (broad SMARTS) is 4. The van der Waals surface area contributed by atoms with E-state index in [1.165, 1.54) is 0 Å². The maximum Gasteiger partial charge on any atom is 0.336 e. The smallest absolute Gasteiger partial charge is 0.336 e. The molecule has 2 aromatic rings. The first kappa shape index (κ1) is 15.0. The molecule has 0 atom stereocenters. The van der Waals surface area contributed by atoms with Gasteiger partial charge in [-0.3, -0.25) is 0 Å². The number of hydrogen-bond acceptors (Lipinski definition) is 4. The minimum absolute atomic E-state index is 0.260. The Morgan fingerprint density at radius 3 is 1.59 bits per heavy atom. The average Bonchev–Trinajstić information content (AvgIpc) is 2.43. The van der Waals surface area contributed by atoms with Crippen molar-refractivity contribution in [2.45, 2.75) is 0 Å². The molecule has 2 aromatic carbocycles. The van der Waals surface area contributed by atoms with Crippen molar-refractivity contribution < 1.29 is 39.6 Å². The van der Waals surface area contributed by atoms with Gasteiger partial charge in [-0.1, -0.05) is 0 Å². The first-order chi connectivity index (χ1) is 10.2. The highest BCUT2D eigenvalue weighted by Gasteiger charge is 2.23. The standard InChI is InChI=1S/C14H8O8/c15-11(16)5-3-8-6(12(17)18)1-2-7(13(19)20)10(8)9(4-5)14(21)22/h1-4H,(H,15,16)(H,17,18)(H,19,20)(H,21,22). The Kier molecular flexibility index (Phi) is 3.52. The summed E-state index contributed by atoms with van der Waals surface area (Å²) in [6, 6.07) is 3.71. The molecule has 0 spiro atoms. The fourth-order valence-electron chi connectivity index (χ4n) is 2.14. The predicted octanol–water partition coefficient (Wildman–Crippen LogP) is 1.63. The zero-order chi connectivity index (χ0) is 16.6. The van der Waals surface area contributed by atoms with Crippen LogP contribution in [0.4, 0.5) is 0 Å². The van der Waals surface area contributed by atoms with Gasteiger partial charge in [0.2, 0.25) is 0 Å². The molecule has 0 aliphatic rings. The van der Waals surface area contributed by atoms with Gasteiger partial charge < -0.3 is 20.4 Å². The summed E-state index contributed by atoms with van der Waals surface area (Å²) in [4.78, 5) is 44.8. The lowest BCUT2D eigenvalue weighted by Crippen LogP contribution is -2.10. The van der Waals surface area contributed by atoms with Crippen LogP contribution in [0, 0.1) is 0 Å². The Morgan fingerprint density at radius 2 is 1.14 bits per heavy atom. The first-order valence-corrected chi connectivity index (χ1v) is 5.78. The Bertz CT molecular complexity index is 850. The summed E-state index contributed by atoms with van der Waals surface area (Å²) in [6.45, 7) is 0. The number of hydrogen-bond donors (Lipinski definition) is 4. The average molecular weight is 304 g/mol. The molecule has 2 rings (SSSR count). The van der Waals surface area contributed by atoms with Gasteiger partial charge in [-0.2, -0.15) is 0 Å². The Morgan fingerprint density at radius 1 is 0.636 bits per heavy atom. The summed E-state index contributed by atoms with van der Waals surface area (Å²) in [7, 11) is 0. The van der Waals surface area contributed by atoms with Gasteiger partial charge in [0.1, 0.15) is 0 Å². The number of aromatic carboxylic acids is 4. The number of carboxylic acids is 4. The van der Waals surface area contributed by atoms with Crippen molar-refractivity contribution >= 4 is 34.6 Å². The van der Waals surface area contributed by atoms with Crippen molar-refractivity contribution in [3.8, 4) is 0 Å². The number of carbonyl (C=O) groups is 4. The normalized spacial score (nSPS) is 10.4. The lowest BCUT2D eigenvalue weighted by atomic mass is 9.93. The van der Waals surface area contributed by atoms with E-state index in [9.17, 15) is 24.3 Å². The second-order valence-corrected chi connectivity index (χ2v) is 4.33. The van der Waals surface area contributed by atoms with Gasteiger partial charge in [0.05, 0.1) is 22.3 Å². The molecule has 0 saturated heterocycles. The van der Waals surface area contributed by atoms with Gasteiger partial charge in [-0.15, -0.1) is 0 Å². The summed E-state index contributed by atoms with van der Waals surface area (Å²) in [6.07, 6.45) is 0. The van der Waals surface area contributed by atoms with Crippen LogP contribution in [0.5, 0.6) is 0 Å². The molecule has 0 unspecified atom stereocenters. The van der Waals surface area contributed by atoms with Crippen LogP contribution >= 0.6 is 0 Å². The molecule has 0 fully saturated rings. The van der Waals surface area contributed by atoms with Crippen LogP contribution in [-0.2, 0) is 0 Å². The summed E-state index contributed by atoms with van der Waals surface area (Å²) in [5.41, 5.74) is -1.84. The fraction of sp³-hybridized carbons (Fsp3) is 0. The lowest BCUT2D eigenvalue weighted by Gasteiger charge is -2.10. The van der Waals surface area contributed by atoms with Crippen LogP contribution in [0.3, 0.4) is 0 Å². The molecule has 0 aromatic heterocycles. The first-order valence-electron chi connectivity index (χ1n) is 5.78. The molecule has 4 N–H and O–H groups in total. The Balaban J connectivity index is 3.10. The van der Waals surface area contributed by atoms with Crippen LogP contribution in [-0.4, -0.2) is 44.3 Å². The van der Waals surface area contributed by atoms with Crippen molar-refractivity contribution in [2.24, 2.45) is 0 Å². The summed E-state index contributed by atoms with van der Waals surface area (Å²) in [5.74, 6) is -5.90. The van der Waals surface area contributed by atoms with Crippen LogP contribution in [0.1, 0.15) is 41.4 Å². The molecule has 0 bridgehead atoms. The maximum atomic E-state index is 11.3. The third kappa shape index (κ3) is 2.33. The molecule has 0 radical (unpaired) electrons. The maximum absolute atomic E-state index is 11.3. The summed E-state index contributed by atoms with van der Waals surface area (Å²) >= 11 is 0. The third-order valence-electron chi connectivity index (χ3n) is 3.05. The second kappa shape index (κ2) is 5.17. The van der Waals surface area contributed by atoms with Crippen molar-refractivity contribution in [3.05, 3.63) is 46.5 Å². The highest BCUT2D eigenvalue weighted by Crippen LogP contribution is 2.29. The van der Waals surface area contributed by atoms with E-state index in [0.29, 0.717) is 0 Å². The van der Waals surface area contributed by atoms with Gasteiger partial charge in [-0.25, -0.2) is 19.2 Å². The van der Waals surface area contributed by atoms with Crippen molar-refractivity contribution in [1.29, 1.82) is 0 Å². The predicted molar refractivity (Wildman–Crippen MR) is 71.8 cm³/mol. The number of benzene rings is 2. The molecule has 22 heavy (non-hydrogen) atoms. The van der Waals surface area contributed by atoms with E-state index in [1.807, 2.05) is 0 Å². The van der Waals surface area contributed by atoms with Crippen molar-refractivity contribution in [3.63, 3.8) is 0 Å². The van der Waals surface area contributed by atoms with Gasteiger partial charge in [-0.05, 0) is 29.7 Å². The molecule has 0 aliphatic heterocycles. The Hall–Kier alpha value is -3.42. The van der Waals surface area contributed by atoms with Crippen LogP contribution in [0.25, 0.3) is 10.8 Å². The summed E-state index contributed by atoms with van der Waals surface area (Å²) < 4.78 is 0. The molecule has 0 saturated carbocycles. The zero-order valence-corrected chi connectivity index (χ0v) is 10.7. The van der Waals surface area contributed by atoms with Gasteiger partial charge >= 0.3 is 23.9 Å². The van der Waals surface area contributed by atoms with E-state index in [4.69, 9.17) is 15.3 Å². The van der Waals surface area contributed by atoms with Crippen molar-refractivity contribution in [1.82, 2.24) is 0 Å². The van der Waals surface area contributed by atoms with E-state index in [-0.39, 0.29) is 16.3 Å². The topological polar surface area (TPSA) is 149 Å². The molecule has 8 heteroatoms. The molecule has 0 heterocycles. The molecule has 0 amide bonds. The van der Waals surface area contributed by atoms with Gasteiger partial charge in [0.25, 0.3) is 0 Å². The quantitative estimate of drug-likeness (QED) is 0.665. The molecule has 8 nitrogen and oxygen atoms in total. The Labute approximate surface area is 121 Å². The van der Waals surface area contributed by atoms with E-state index in [1.54, 1.807) is 0 Å². The molecular weight excluding hydrogens is 296 g/mol. The minimum atomic E-state index is -1.56.